The summed E-state index contributed by atoms with van der Waals surface area (Å²) >= 11 is 1.03. The molecule has 0 spiro atoms. The number of nitrogens with zero attached hydrogens (tertiary/aromatic N) is 2. The van der Waals surface area contributed by atoms with Crippen molar-refractivity contribution in [2.75, 3.05) is 19.6 Å². The minimum absolute atomic E-state index is 0. The number of sulfonamides is 1. The molecule has 1 atom stereocenters. The van der Waals surface area contributed by atoms with Crippen LogP contribution in [0, 0.1) is 5.92 Å². The first-order chi connectivity index (χ1) is 9.67. The van der Waals surface area contributed by atoms with Gasteiger partial charge in [-0.15, -0.1) is 12.4 Å². The van der Waals surface area contributed by atoms with E-state index in [-0.39, 0.29) is 17.3 Å². The van der Waals surface area contributed by atoms with E-state index < -0.39 is 10.0 Å². The molecule has 0 aliphatic carbocycles. The quantitative estimate of drug-likeness (QED) is 0.853. The summed E-state index contributed by atoms with van der Waals surface area (Å²) in [6, 6.07) is 5.03. The van der Waals surface area contributed by atoms with Crippen LogP contribution in [0.25, 0.3) is 11.0 Å². The summed E-state index contributed by atoms with van der Waals surface area (Å²) in [5.74, 6) is 0.564. The van der Waals surface area contributed by atoms with Gasteiger partial charge in [-0.2, -0.15) is 8.75 Å². The van der Waals surface area contributed by atoms with Crippen molar-refractivity contribution in [3.63, 3.8) is 0 Å². The summed E-state index contributed by atoms with van der Waals surface area (Å²) in [7, 11) is -3.51. The third-order valence-corrected chi connectivity index (χ3v) is 5.58. The molecule has 9 heteroatoms. The molecule has 0 amide bonds. The average Bonchev–Trinajstić information content (AvgIpc) is 3.08. The molecule has 1 fully saturated rings. The zero-order valence-corrected chi connectivity index (χ0v) is 13.7. The number of hydrogen-bond acceptors (Lipinski definition) is 6. The fourth-order valence-corrected chi connectivity index (χ4v) is 4.25. The Balaban J connectivity index is 0.00000161. The smallest absolute Gasteiger partial charge is 0.242 e. The van der Waals surface area contributed by atoms with Crippen LogP contribution in [0.4, 0.5) is 0 Å². The molecule has 2 aromatic rings. The lowest BCUT2D eigenvalue weighted by Gasteiger charge is -2.10. The Morgan fingerprint density at radius 2 is 2.24 bits per heavy atom. The minimum atomic E-state index is -3.51. The van der Waals surface area contributed by atoms with Crippen LogP contribution >= 0.6 is 24.1 Å². The summed E-state index contributed by atoms with van der Waals surface area (Å²) in [6.45, 7) is 2.47. The highest BCUT2D eigenvalue weighted by Gasteiger charge is 2.20. The molecule has 1 aliphatic rings. The van der Waals surface area contributed by atoms with E-state index in [0.717, 1.165) is 37.7 Å². The van der Waals surface area contributed by atoms with Crippen LogP contribution in [0.3, 0.4) is 0 Å². The fourth-order valence-electron chi connectivity index (χ4n) is 2.43. The van der Waals surface area contributed by atoms with Gasteiger partial charge in [0, 0.05) is 6.54 Å². The number of nitrogens with one attached hydrogen (secondary N) is 2. The molecule has 1 saturated heterocycles. The first kappa shape index (κ1) is 16.6. The van der Waals surface area contributed by atoms with Crippen molar-refractivity contribution >= 4 is 45.2 Å². The molecule has 21 heavy (non-hydrogen) atoms. The topological polar surface area (TPSA) is 84.0 Å². The van der Waals surface area contributed by atoms with Crippen LogP contribution in [0.15, 0.2) is 23.1 Å². The van der Waals surface area contributed by atoms with Gasteiger partial charge in [0.2, 0.25) is 10.0 Å². The number of fused-ring (bicyclic) bond motifs is 1. The van der Waals surface area contributed by atoms with Gasteiger partial charge < -0.3 is 5.32 Å². The van der Waals surface area contributed by atoms with E-state index in [9.17, 15) is 8.42 Å². The van der Waals surface area contributed by atoms with E-state index in [4.69, 9.17) is 0 Å². The van der Waals surface area contributed by atoms with Crippen LogP contribution in [0.5, 0.6) is 0 Å². The average molecular weight is 349 g/mol. The Labute approximate surface area is 134 Å². The summed E-state index contributed by atoms with van der Waals surface area (Å²) in [4.78, 5) is 0.216. The number of benzene rings is 1. The van der Waals surface area contributed by atoms with Gasteiger partial charge in [0.25, 0.3) is 0 Å². The molecule has 0 bridgehead atoms. The van der Waals surface area contributed by atoms with Gasteiger partial charge in [-0.25, -0.2) is 13.1 Å². The highest BCUT2D eigenvalue weighted by atomic mass is 35.5. The zero-order chi connectivity index (χ0) is 14.0. The van der Waals surface area contributed by atoms with Gasteiger partial charge in [-0.3, -0.25) is 0 Å². The molecule has 2 heterocycles. The minimum Gasteiger partial charge on any atom is -0.316 e. The third-order valence-electron chi connectivity index (χ3n) is 3.55. The first-order valence-electron chi connectivity index (χ1n) is 6.58. The summed E-state index contributed by atoms with van der Waals surface area (Å²) in [5, 5.41) is 3.28. The molecule has 116 valence electrons. The van der Waals surface area contributed by atoms with E-state index in [2.05, 4.69) is 18.8 Å². The molecule has 1 aliphatic heterocycles. The van der Waals surface area contributed by atoms with Gasteiger partial charge in [0.05, 0.1) is 11.7 Å². The van der Waals surface area contributed by atoms with Gasteiger partial charge in [-0.1, -0.05) is 6.07 Å². The monoisotopic (exact) mass is 348 g/mol. The highest BCUT2D eigenvalue weighted by Crippen LogP contribution is 2.21. The van der Waals surface area contributed by atoms with E-state index in [1.54, 1.807) is 18.2 Å². The van der Waals surface area contributed by atoms with Crippen LogP contribution in [0.2, 0.25) is 0 Å². The Kier molecular flexibility index (Phi) is 5.50. The maximum atomic E-state index is 12.3. The normalized spacial score (nSPS) is 18.8. The molecule has 0 radical (unpaired) electrons. The molecule has 6 nitrogen and oxygen atoms in total. The Morgan fingerprint density at radius 3 is 3.00 bits per heavy atom. The van der Waals surface area contributed by atoms with Crippen LogP contribution in [-0.4, -0.2) is 36.8 Å². The van der Waals surface area contributed by atoms with Crippen LogP contribution in [0.1, 0.15) is 12.8 Å². The lowest BCUT2D eigenvalue weighted by molar-refractivity contribution is 0.519. The van der Waals surface area contributed by atoms with E-state index in [0.29, 0.717) is 23.5 Å². The van der Waals surface area contributed by atoms with E-state index in [1.807, 2.05) is 0 Å². The van der Waals surface area contributed by atoms with E-state index >= 15 is 0 Å². The van der Waals surface area contributed by atoms with Crippen molar-refractivity contribution in [1.82, 2.24) is 18.8 Å². The van der Waals surface area contributed by atoms with Crippen LogP contribution < -0.4 is 10.0 Å². The Hall–Kier alpha value is -0.800. The third kappa shape index (κ3) is 3.70. The molecule has 2 N–H and O–H groups in total. The molecule has 1 aromatic carbocycles. The Morgan fingerprint density at radius 1 is 1.38 bits per heavy atom. The predicted octanol–water partition coefficient (Wildman–Crippen LogP) is 1.39. The zero-order valence-electron chi connectivity index (χ0n) is 11.3. The number of rotatable bonds is 5. The lowest BCUT2D eigenvalue weighted by Crippen LogP contribution is -2.26. The second-order valence-corrected chi connectivity index (χ2v) is 7.20. The van der Waals surface area contributed by atoms with E-state index in [1.165, 1.54) is 0 Å². The summed E-state index contributed by atoms with van der Waals surface area (Å²) in [5.41, 5.74) is 1.07. The molecule has 1 unspecified atom stereocenters. The number of halogens is 1. The molecular formula is C12H17ClN4O2S2. The van der Waals surface area contributed by atoms with Gasteiger partial charge in [-0.05, 0) is 44.0 Å². The number of hydrogen-bond donors (Lipinski definition) is 2. The van der Waals surface area contributed by atoms with Crippen molar-refractivity contribution in [2.24, 2.45) is 5.92 Å². The largest absolute Gasteiger partial charge is 0.316 e. The lowest BCUT2D eigenvalue weighted by atomic mass is 10.1. The van der Waals surface area contributed by atoms with Crippen LogP contribution in [-0.2, 0) is 10.0 Å². The highest BCUT2D eigenvalue weighted by molar-refractivity contribution is 7.89. The van der Waals surface area contributed by atoms with Gasteiger partial charge in [0.1, 0.15) is 15.9 Å². The van der Waals surface area contributed by atoms with Crippen molar-refractivity contribution in [3.05, 3.63) is 18.2 Å². The Bertz CT molecular complexity index is 698. The van der Waals surface area contributed by atoms with Crippen molar-refractivity contribution < 1.29 is 8.42 Å². The number of aromatic nitrogens is 2. The molecule has 0 saturated carbocycles. The molecule has 1 aromatic heterocycles. The van der Waals surface area contributed by atoms with Gasteiger partial charge >= 0.3 is 0 Å². The summed E-state index contributed by atoms with van der Waals surface area (Å²) < 4.78 is 35.5. The standard InChI is InChI=1S/C12H16N4O2S2.ClH/c17-20(18,14-7-5-9-4-6-13-8-9)11-3-1-2-10-12(11)16-19-15-10;/h1-3,9,13-14H,4-8H2;1H. The predicted molar refractivity (Wildman–Crippen MR) is 85.4 cm³/mol. The fraction of sp³-hybridized carbons (Fsp3) is 0.500. The van der Waals surface area contributed by atoms with Gasteiger partial charge in [0.15, 0.2) is 0 Å². The second-order valence-electron chi connectivity index (χ2n) is 4.93. The second kappa shape index (κ2) is 6.97. The first-order valence-corrected chi connectivity index (χ1v) is 8.80. The maximum Gasteiger partial charge on any atom is 0.242 e. The molecule has 3 rings (SSSR count). The van der Waals surface area contributed by atoms with Crippen molar-refractivity contribution in [2.45, 2.75) is 17.7 Å². The maximum absolute atomic E-state index is 12.3. The van der Waals surface area contributed by atoms with Crippen molar-refractivity contribution in [1.29, 1.82) is 0 Å². The molecular weight excluding hydrogens is 332 g/mol. The van der Waals surface area contributed by atoms with Crippen molar-refractivity contribution in [3.8, 4) is 0 Å². The SMILES string of the molecule is Cl.O=S(=O)(NCCC1CCNC1)c1cccc2nsnc12. The summed E-state index contributed by atoms with van der Waals surface area (Å²) in [6.07, 6.45) is 1.98.